The van der Waals surface area contributed by atoms with E-state index in [1.165, 1.54) is 18.2 Å². The summed E-state index contributed by atoms with van der Waals surface area (Å²) in [5, 5.41) is 15.1. The molecule has 2 amide bonds. The summed E-state index contributed by atoms with van der Waals surface area (Å²) in [7, 11) is 0. The van der Waals surface area contributed by atoms with Crippen LogP contribution >= 0.6 is 0 Å². The Morgan fingerprint density at radius 3 is 2.81 bits per heavy atom. The summed E-state index contributed by atoms with van der Waals surface area (Å²) in [4.78, 5) is 26.9. The molecular formula is C22H25FN6O3. The molecule has 0 saturated carbocycles. The molecule has 1 N–H and O–H groups in total. The molecule has 4 rings (SSSR count). The number of hydrogen-bond donors (Lipinski definition) is 1. The van der Waals surface area contributed by atoms with Gasteiger partial charge in [-0.3, -0.25) is 9.59 Å². The summed E-state index contributed by atoms with van der Waals surface area (Å²) in [5.41, 5.74) is 0.544. The number of fused-ring (bicyclic) bond motifs is 1. The number of amides is 2. The lowest BCUT2D eigenvalue weighted by molar-refractivity contribution is 0.0748. The minimum absolute atomic E-state index is 0.151. The number of carbonyl (C=O) groups is 2. The van der Waals surface area contributed by atoms with Gasteiger partial charge in [0.15, 0.2) is 11.5 Å². The fourth-order valence-electron chi connectivity index (χ4n) is 3.68. The Balaban J connectivity index is 1.38. The molecule has 168 valence electrons. The number of nitrogens with zero attached hydrogens (tertiary/aromatic N) is 5. The number of hydrogen-bond acceptors (Lipinski definition) is 6. The molecule has 0 fully saturated rings. The molecule has 3 heterocycles. The third kappa shape index (κ3) is 4.84. The number of nitrogens with one attached hydrogen (secondary N) is 1. The van der Waals surface area contributed by atoms with E-state index in [2.05, 4.69) is 34.5 Å². The van der Waals surface area contributed by atoms with Crippen molar-refractivity contribution >= 4 is 11.8 Å². The normalized spacial score (nSPS) is 13.7. The summed E-state index contributed by atoms with van der Waals surface area (Å²) in [6.45, 7) is 5.74. The second kappa shape index (κ2) is 9.29. The Labute approximate surface area is 184 Å². The summed E-state index contributed by atoms with van der Waals surface area (Å²) in [6, 6.07) is 7.20. The van der Waals surface area contributed by atoms with Crippen molar-refractivity contribution in [3.8, 4) is 0 Å². The third-order valence-corrected chi connectivity index (χ3v) is 5.27. The van der Waals surface area contributed by atoms with Crippen LogP contribution in [0.25, 0.3) is 0 Å². The van der Waals surface area contributed by atoms with E-state index in [1.54, 1.807) is 17.0 Å². The first kappa shape index (κ1) is 21.7. The molecule has 0 radical (unpaired) electrons. The van der Waals surface area contributed by atoms with Gasteiger partial charge < -0.3 is 19.3 Å². The topological polar surface area (TPSA) is 106 Å². The summed E-state index contributed by atoms with van der Waals surface area (Å²) in [6.07, 6.45) is 1.26. The average Bonchev–Trinajstić information content (AvgIpc) is 3.32. The standard InChI is InChI=1S/C22H25FN6O3/c1-14(2)10-17-12-18(27-32-17)22(31)28-7-6-19-25-26-20(29(19)9-8-28)13-24-21(30)15-4-3-5-16(23)11-15/h3-5,11-12,14H,6-10,13H2,1-2H3,(H,24,30). The highest BCUT2D eigenvalue weighted by Crippen LogP contribution is 2.15. The molecule has 0 spiro atoms. The largest absolute Gasteiger partial charge is 0.361 e. The van der Waals surface area contributed by atoms with Crippen molar-refractivity contribution in [3.63, 3.8) is 0 Å². The highest BCUT2D eigenvalue weighted by Gasteiger charge is 2.25. The van der Waals surface area contributed by atoms with E-state index in [4.69, 9.17) is 4.52 Å². The van der Waals surface area contributed by atoms with Crippen LogP contribution in [0.5, 0.6) is 0 Å². The Morgan fingerprint density at radius 2 is 2.03 bits per heavy atom. The smallest absolute Gasteiger partial charge is 0.276 e. The number of aromatic nitrogens is 4. The minimum atomic E-state index is -0.470. The van der Waals surface area contributed by atoms with Crippen molar-refractivity contribution in [2.75, 3.05) is 13.1 Å². The molecule has 1 aliphatic rings. The fraction of sp³-hybridized carbons (Fsp3) is 0.409. The molecule has 10 heteroatoms. The monoisotopic (exact) mass is 440 g/mol. The molecule has 0 atom stereocenters. The highest BCUT2D eigenvalue weighted by atomic mass is 19.1. The molecule has 1 aromatic carbocycles. The Bertz CT molecular complexity index is 1120. The highest BCUT2D eigenvalue weighted by molar-refractivity contribution is 5.94. The predicted molar refractivity (Wildman–Crippen MR) is 112 cm³/mol. The van der Waals surface area contributed by atoms with Crippen molar-refractivity contribution in [2.45, 2.75) is 39.8 Å². The predicted octanol–water partition coefficient (Wildman–Crippen LogP) is 2.23. The molecule has 2 aromatic heterocycles. The van der Waals surface area contributed by atoms with Crippen LogP contribution in [0.4, 0.5) is 4.39 Å². The molecular weight excluding hydrogens is 415 g/mol. The third-order valence-electron chi connectivity index (χ3n) is 5.27. The lowest BCUT2D eigenvalue weighted by Gasteiger charge is -2.18. The van der Waals surface area contributed by atoms with Crippen LogP contribution < -0.4 is 5.32 Å². The zero-order valence-electron chi connectivity index (χ0n) is 18.0. The van der Waals surface area contributed by atoms with Crippen LogP contribution in [-0.2, 0) is 25.9 Å². The Hall–Kier alpha value is -3.56. The van der Waals surface area contributed by atoms with Gasteiger partial charge in [-0.15, -0.1) is 10.2 Å². The van der Waals surface area contributed by atoms with E-state index in [9.17, 15) is 14.0 Å². The van der Waals surface area contributed by atoms with Crippen molar-refractivity contribution < 1.29 is 18.5 Å². The quantitative estimate of drug-likeness (QED) is 0.630. The molecule has 0 unspecified atom stereocenters. The van der Waals surface area contributed by atoms with Gasteiger partial charge in [0.25, 0.3) is 11.8 Å². The number of carbonyl (C=O) groups excluding carboxylic acids is 2. The van der Waals surface area contributed by atoms with Crippen LogP contribution in [0.15, 0.2) is 34.9 Å². The van der Waals surface area contributed by atoms with E-state index in [0.717, 1.165) is 12.2 Å². The molecule has 32 heavy (non-hydrogen) atoms. The number of halogens is 1. The first-order valence-corrected chi connectivity index (χ1v) is 10.6. The van der Waals surface area contributed by atoms with Crippen molar-refractivity contribution in [2.24, 2.45) is 5.92 Å². The van der Waals surface area contributed by atoms with Crippen molar-refractivity contribution in [1.29, 1.82) is 0 Å². The second-order valence-corrected chi connectivity index (χ2v) is 8.20. The maximum atomic E-state index is 13.3. The van der Waals surface area contributed by atoms with Crippen LogP contribution in [0.2, 0.25) is 0 Å². The first-order valence-electron chi connectivity index (χ1n) is 10.6. The van der Waals surface area contributed by atoms with E-state index in [1.807, 2.05) is 4.57 Å². The molecule has 3 aromatic rings. The van der Waals surface area contributed by atoms with E-state index in [0.29, 0.717) is 49.3 Å². The summed E-state index contributed by atoms with van der Waals surface area (Å²) >= 11 is 0. The minimum Gasteiger partial charge on any atom is -0.361 e. The van der Waals surface area contributed by atoms with E-state index >= 15 is 0 Å². The fourth-order valence-corrected chi connectivity index (χ4v) is 3.68. The zero-order chi connectivity index (χ0) is 22.7. The van der Waals surface area contributed by atoms with Crippen LogP contribution in [0.1, 0.15) is 52.1 Å². The van der Waals surface area contributed by atoms with Gasteiger partial charge in [-0.1, -0.05) is 25.1 Å². The van der Waals surface area contributed by atoms with Gasteiger partial charge in [-0.2, -0.15) is 0 Å². The van der Waals surface area contributed by atoms with Gasteiger partial charge in [-0.05, 0) is 24.1 Å². The number of benzene rings is 1. The lowest BCUT2D eigenvalue weighted by atomic mass is 10.1. The summed E-state index contributed by atoms with van der Waals surface area (Å²) in [5.74, 6) is 1.40. The van der Waals surface area contributed by atoms with E-state index < -0.39 is 11.7 Å². The van der Waals surface area contributed by atoms with Crippen molar-refractivity contribution in [3.05, 3.63) is 64.8 Å². The second-order valence-electron chi connectivity index (χ2n) is 8.20. The average molecular weight is 440 g/mol. The van der Waals surface area contributed by atoms with Gasteiger partial charge in [0.05, 0.1) is 6.54 Å². The van der Waals surface area contributed by atoms with Gasteiger partial charge in [0.1, 0.15) is 17.4 Å². The van der Waals surface area contributed by atoms with Crippen LogP contribution in [-0.4, -0.2) is 49.7 Å². The Morgan fingerprint density at radius 1 is 1.19 bits per heavy atom. The SMILES string of the molecule is CC(C)Cc1cc(C(=O)N2CCc3nnc(CNC(=O)c4cccc(F)c4)n3CC2)no1. The lowest BCUT2D eigenvalue weighted by Crippen LogP contribution is -2.34. The Kier molecular flexibility index (Phi) is 6.29. The molecule has 0 bridgehead atoms. The maximum Gasteiger partial charge on any atom is 0.276 e. The molecule has 9 nitrogen and oxygen atoms in total. The number of rotatable bonds is 6. The summed E-state index contributed by atoms with van der Waals surface area (Å²) < 4.78 is 20.5. The van der Waals surface area contributed by atoms with Crippen molar-refractivity contribution in [1.82, 2.24) is 30.1 Å². The van der Waals surface area contributed by atoms with Crippen LogP contribution in [0, 0.1) is 11.7 Å². The van der Waals surface area contributed by atoms with Gasteiger partial charge in [-0.25, -0.2) is 4.39 Å². The van der Waals surface area contributed by atoms with Gasteiger partial charge in [0.2, 0.25) is 0 Å². The maximum absolute atomic E-state index is 13.3. The first-order chi connectivity index (χ1) is 15.4. The molecule has 0 aliphatic carbocycles. The molecule has 1 aliphatic heterocycles. The van der Waals surface area contributed by atoms with Gasteiger partial charge in [0, 0.05) is 44.1 Å². The molecule has 0 saturated heterocycles. The van der Waals surface area contributed by atoms with Gasteiger partial charge >= 0.3 is 0 Å². The zero-order valence-corrected chi connectivity index (χ0v) is 18.0. The van der Waals surface area contributed by atoms with E-state index in [-0.39, 0.29) is 18.0 Å². The van der Waals surface area contributed by atoms with Crippen LogP contribution in [0.3, 0.4) is 0 Å².